The van der Waals surface area contributed by atoms with Crippen LogP contribution in [-0.2, 0) is 4.79 Å². The van der Waals surface area contributed by atoms with Gasteiger partial charge in [0.25, 0.3) is 5.91 Å². The van der Waals surface area contributed by atoms with Crippen LogP contribution in [0.3, 0.4) is 0 Å². The van der Waals surface area contributed by atoms with Gasteiger partial charge in [-0.25, -0.2) is 0 Å². The summed E-state index contributed by atoms with van der Waals surface area (Å²) in [7, 11) is 0. The molecule has 4 nitrogen and oxygen atoms in total. The van der Waals surface area contributed by atoms with E-state index in [2.05, 4.69) is 10.6 Å². The van der Waals surface area contributed by atoms with Gasteiger partial charge in [0.1, 0.15) is 5.75 Å². The summed E-state index contributed by atoms with van der Waals surface area (Å²) in [4.78, 5) is 11.8. The Bertz CT molecular complexity index is 493. The summed E-state index contributed by atoms with van der Waals surface area (Å²) < 4.78 is 5.37. The normalized spacial score (nSPS) is 17.8. The Morgan fingerprint density at radius 2 is 2.00 bits per heavy atom. The van der Waals surface area contributed by atoms with E-state index in [1.54, 1.807) is 0 Å². The first kappa shape index (κ1) is 18.7. The second-order valence-corrected chi connectivity index (χ2v) is 5.82. The van der Waals surface area contributed by atoms with Gasteiger partial charge in [0.2, 0.25) is 0 Å². The van der Waals surface area contributed by atoms with Gasteiger partial charge in [-0.15, -0.1) is 12.4 Å². The number of rotatable bonds is 4. The predicted octanol–water partition coefficient (Wildman–Crippen LogP) is 3.32. The molecule has 0 saturated carbocycles. The van der Waals surface area contributed by atoms with Gasteiger partial charge in [-0.3, -0.25) is 4.79 Å². The van der Waals surface area contributed by atoms with Crippen LogP contribution in [0.2, 0.25) is 15.1 Å². The lowest BCUT2D eigenvalue weighted by molar-refractivity contribution is -0.123. The summed E-state index contributed by atoms with van der Waals surface area (Å²) in [6.45, 7) is 1.69. The molecule has 1 saturated heterocycles. The standard InChI is InChI=1S/C13H15Cl3N2O2.ClH/c14-9-4-11(16)12(5-10(9)15)20-7-13(19)18-8-2-1-3-17-6-8;/h4-5,8,17H,1-3,6-7H2,(H,18,19);1H. The largest absolute Gasteiger partial charge is 0.482 e. The van der Waals surface area contributed by atoms with Crippen molar-refractivity contribution in [1.29, 1.82) is 0 Å². The SMILES string of the molecule is Cl.O=C(COc1cc(Cl)c(Cl)cc1Cl)NC1CCCNC1. The van der Waals surface area contributed by atoms with Crippen molar-refractivity contribution < 1.29 is 9.53 Å². The fourth-order valence-electron chi connectivity index (χ4n) is 2.00. The van der Waals surface area contributed by atoms with Gasteiger partial charge in [0.05, 0.1) is 15.1 Å². The van der Waals surface area contributed by atoms with Crippen molar-refractivity contribution in [2.24, 2.45) is 0 Å². The number of hydrogen-bond acceptors (Lipinski definition) is 3. The van der Waals surface area contributed by atoms with E-state index in [9.17, 15) is 4.79 Å². The van der Waals surface area contributed by atoms with Crippen LogP contribution >= 0.6 is 47.2 Å². The van der Waals surface area contributed by atoms with Gasteiger partial charge in [0.15, 0.2) is 6.61 Å². The molecule has 2 rings (SSSR count). The zero-order chi connectivity index (χ0) is 14.5. The molecule has 1 aliphatic heterocycles. The Labute approximate surface area is 144 Å². The van der Waals surface area contributed by atoms with E-state index >= 15 is 0 Å². The van der Waals surface area contributed by atoms with E-state index < -0.39 is 0 Å². The van der Waals surface area contributed by atoms with E-state index in [0.29, 0.717) is 20.8 Å². The number of halogens is 4. The molecule has 1 fully saturated rings. The molecule has 1 aromatic rings. The maximum Gasteiger partial charge on any atom is 0.258 e. The highest BCUT2D eigenvalue weighted by molar-refractivity contribution is 6.43. The van der Waals surface area contributed by atoms with Gasteiger partial charge in [0, 0.05) is 18.7 Å². The van der Waals surface area contributed by atoms with Crippen LogP contribution in [0.5, 0.6) is 5.75 Å². The highest BCUT2D eigenvalue weighted by atomic mass is 35.5. The molecule has 0 radical (unpaired) electrons. The van der Waals surface area contributed by atoms with Gasteiger partial charge in [-0.05, 0) is 25.5 Å². The number of benzene rings is 1. The number of carbonyl (C=O) groups excluding carboxylic acids is 1. The van der Waals surface area contributed by atoms with Gasteiger partial charge in [-0.1, -0.05) is 34.8 Å². The molecule has 8 heteroatoms. The van der Waals surface area contributed by atoms with Crippen LogP contribution in [0, 0.1) is 0 Å². The average molecular weight is 374 g/mol. The first-order valence-corrected chi connectivity index (χ1v) is 7.47. The van der Waals surface area contributed by atoms with Crippen molar-refractivity contribution in [2.45, 2.75) is 18.9 Å². The molecule has 0 bridgehead atoms. The lowest BCUT2D eigenvalue weighted by atomic mass is 10.1. The third-order valence-corrected chi connectivity index (χ3v) is 4.01. The average Bonchev–Trinajstić information content (AvgIpc) is 2.42. The lowest BCUT2D eigenvalue weighted by Gasteiger charge is -2.23. The molecule has 1 amide bonds. The van der Waals surface area contributed by atoms with E-state index in [1.165, 1.54) is 12.1 Å². The summed E-state index contributed by atoms with van der Waals surface area (Å²) in [5.74, 6) is 0.166. The minimum Gasteiger partial charge on any atom is -0.482 e. The van der Waals surface area contributed by atoms with Crippen LogP contribution in [0.15, 0.2) is 12.1 Å². The Kier molecular flexibility index (Phi) is 7.92. The molecule has 1 aromatic carbocycles. The molecule has 1 heterocycles. The van der Waals surface area contributed by atoms with Crippen LogP contribution in [-0.4, -0.2) is 31.6 Å². The Morgan fingerprint density at radius 3 is 2.67 bits per heavy atom. The molecule has 118 valence electrons. The summed E-state index contributed by atoms with van der Waals surface area (Å²) in [5.41, 5.74) is 0. The topological polar surface area (TPSA) is 50.4 Å². The van der Waals surface area contributed by atoms with Gasteiger partial charge < -0.3 is 15.4 Å². The number of carbonyl (C=O) groups is 1. The number of hydrogen-bond donors (Lipinski definition) is 2. The quantitative estimate of drug-likeness (QED) is 0.796. The Morgan fingerprint density at radius 1 is 1.29 bits per heavy atom. The molecular weight excluding hydrogens is 358 g/mol. The van der Waals surface area contributed by atoms with Crippen molar-refractivity contribution in [3.05, 3.63) is 27.2 Å². The molecule has 1 unspecified atom stereocenters. The van der Waals surface area contributed by atoms with Crippen LogP contribution < -0.4 is 15.4 Å². The predicted molar refractivity (Wildman–Crippen MR) is 88.2 cm³/mol. The third-order valence-electron chi connectivity index (χ3n) is 3.00. The minimum atomic E-state index is -0.180. The number of ether oxygens (including phenoxy) is 1. The minimum absolute atomic E-state index is 0. The molecular formula is C13H16Cl4N2O2. The fourth-order valence-corrected chi connectivity index (χ4v) is 2.59. The number of nitrogens with one attached hydrogen (secondary N) is 2. The third kappa shape index (κ3) is 5.72. The fraction of sp³-hybridized carbons (Fsp3) is 0.462. The van der Waals surface area contributed by atoms with Crippen molar-refractivity contribution in [3.8, 4) is 5.75 Å². The zero-order valence-electron chi connectivity index (χ0n) is 11.1. The monoisotopic (exact) mass is 372 g/mol. The highest BCUT2D eigenvalue weighted by Gasteiger charge is 2.16. The van der Waals surface area contributed by atoms with Crippen molar-refractivity contribution >= 4 is 53.1 Å². The summed E-state index contributed by atoms with van der Waals surface area (Å²) in [6, 6.07) is 3.15. The zero-order valence-corrected chi connectivity index (χ0v) is 14.2. The van der Waals surface area contributed by atoms with Crippen LogP contribution in [0.4, 0.5) is 0 Å². The second-order valence-electron chi connectivity index (χ2n) is 4.60. The maximum atomic E-state index is 11.8. The van der Waals surface area contributed by atoms with E-state index in [-0.39, 0.29) is 31.0 Å². The molecule has 1 aliphatic rings. The Balaban J connectivity index is 0.00000220. The summed E-state index contributed by atoms with van der Waals surface area (Å²) in [6.07, 6.45) is 2.04. The van der Waals surface area contributed by atoms with Crippen molar-refractivity contribution in [1.82, 2.24) is 10.6 Å². The number of piperidine rings is 1. The molecule has 2 N–H and O–H groups in total. The summed E-state index contributed by atoms with van der Waals surface area (Å²) >= 11 is 17.7. The first-order valence-electron chi connectivity index (χ1n) is 6.33. The van der Waals surface area contributed by atoms with Gasteiger partial charge in [-0.2, -0.15) is 0 Å². The van der Waals surface area contributed by atoms with Crippen molar-refractivity contribution in [2.75, 3.05) is 19.7 Å². The molecule has 1 atom stereocenters. The molecule has 0 spiro atoms. The number of amides is 1. The van der Waals surface area contributed by atoms with E-state index in [0.717, 1.165) is 25.9 Å². The van der Waals surface area contributed by atoms with Gasteiger partial charge >= 0.3 is 0 Å². The highest BCUT2D eigenvalue weighted by Crippen LogP contribution is 2.33. The first-order chi connectivity index (χ1) is 9.56. The molecule has 0 aromatic heterocycles. The Hall–Kier alpha value is -0.390. The summed E-state index contributed by atoms with van der Waals surface area (Å²) in [5, 5.41) is 7.14. The van der Waals surface area contributed by atoms with Crippen LogP contribution in [0.25, 0.3) is 0 Å². The van der Waals surface area contributed by atoms with E-state index in [1.807, 2.05) is 0 Å². The molecule has 21 heavy (non-hydrogen) atoms. The second kappa shape index (κ2) is 8.91. The lowest BCUT2D eigenvalue weighted by Crippen LogP contribution is -2.47. The van der Waals surface area contributed by atoms with Crippen LogP contribution in [0.1, 0.15) is 12.8 Å². The van der Waals surface area contributed by atoms with Crippen molar-refractivity contribution in [3.63, 3.8) is 0 Å². The maximum absolute atomic E-state index is 11.8. The smallest absolute Gasteiger partial charge is 0.258 e. The van der Waals surface area contributed by atoms with E-state index in [4.69, 9.17) is 39.5 Å². The molecule has 0 aliphatic carbocycles.